The van der Waals surface area contributed by atoms with Crippen LogP contribution in [-0.4, -0.2) is 49.3 Å². The fourth-order valence-corrected chi connectivity index (χ4v) is 1.15. The van der Waals surface area contributed by atoms with Crippen molar-refractivity contribution in [3.8, 4) is 0 Å². The first-order valence-electron chi connectivity index (χ1n) is 5.47. The van der Waals surface area contributed by atoms with E-state index in [0.29, 0.717) is 0 Å². The Morgan fingerprint density at radius 1 is 1.22 bits per heavy atom. The lowest BCUT2D eigenvalue weighted by Gasteiger charge is -2.23. The summed E-state index contributed by atoms with van der Waals surface area (Å²) in [6.45, 7) is 5.07. The molecule has 18 heavy (non-hydrogen) atoms. The zero-order valence-corrected chi connectivity index (χ0v) is 11.4. The van der Waals surface area contributed by atoms with E-state index in [1.54, 1.807) is 20.8 Å². The van der Waals surface area contributed by atoms with Gasteiger partial charge in [0.2, 0.25) is 0 Å². The van der Waals surface area contributed by atoms with Gasteiger partial charge < -0.3 is 24.6 Å². The normalized spacial score (nSPS) is 13.2. The van der Waals surface area contributed by atoms with Crippen molar-refractivity contribution in [1.29, 1.82) is 0 Å². The first kappa shape index (κ1) is 16.7. The molecule has 0 spiro atoms. The molecule has 106 valence electrons. The van der Waals surface area contributed by atoms with Crippen molar-refractivity contribution in [3.05, 3.63) is 0 Å². The van der Waals surface area contributed by atoms with Crippen LogP contribution in [0.3, 0.4) is 0 Å². The van der Waals surface area contributed by atoms with Gasteiger partial charge in [-0.3, -0.25) is 0 Å². The lowest BCUT2D eigenvalue weighted by molar-refractivity contribution is -0.146. The van der Waals surface area contributed by atoms with Crippen LogP contribution >= 0.6 is 0 Å². The fourth-order valence-electron chi connectivity index (χ4n) is 1.15. The molecule has 1 unspecified atom stereocenters. The van der Waals surface area contributed by atoms with E-state index in [-0.39, 0.29) is 6.42 Å². The Morgan fingerprint density at radius 2 is 1.72 bits per heavy atom. The standard InChI is InChI=1S/C11H21NO6/c1-11(2,3)18-10(15)12-7(9(13)14)6-8(16-4)17-5/h7-8H,6H2,1-5H3,(H,12,15)(H,13,14). The SMILES string of the molecule is COC(CC(NC(=O)OC(C)(C)C)C(=O)O)OC. The lowest BCUT2D eigenvalue weighted by Crippen LogP contribution is -2.45. The van der Waals surface area contributed by atoms with E-state index in [0.717, 1.165) is 0 Å². The summed E-state index contributed by atoms with van der Waals surface area (Å²) in [5, 5.41) is 11.2. The summed E-state index contributed by atoms with van der Waals surface area (Å²) in [4.78, 5) is 22.4. The highest BCUT2D eigenvalue weighted by Gasteiger charge is 2.26. The molecule has 0 saturated carbocycles. The molecule has 0 radical (unpaired) electrons. The maximum absolute atomic E-state index is 11.5. The van der Waals surface area contributed by atoms with Gasteiger partial charge in [-0.1, -0.05) is 0 Å². The van der Waals surface area contributed by atoms with Gasteiger partial charge in [-0.05, 0) is 20.8 Å². The average Bonchev–Trinajstić information content (AvgIpc) is 2.21. The number of amides is 1. The Balaban J connectivity index is 4.45. The predicted molar refractivity (Wildman–Crippen MR) is 63.2 cm³/mol. The number of aliphatic carboxylic acids is 1. The summed E-state index contributed by atoms with van der Waals surface area (Å²) in [5.74, 6) is -1.18. The third-order valence-corrected chi connectivity index (χ3v) is 1.94. The number of carboxylic acids is 1. The molecule has 1 atom stereocenters. The van der Waals surface area contributed by atoms with Crippen LogP contribution in [0.4, 0.5) is 4.79 Å². The summed E-state index contributed by atoms with van der Waals surface area (Å²) >= 11 is 0. The van der Waals surface area contributed by atoms with Crippen LogP contribution in [0.5, 0.6) is 0 Å². The maximum Gasteiger partial charge on any atom is 0.408 e. The minimum absolute atomic E-state index is 0.0123. The van der Waals surface area contributed by atoms with E-state index in [1.807, 2.05) is 0 Å². The van der Waals surface area contributed by atoms with Crippen molar-refractivity contribution in [1.82, 2.24) is 5.32 Å². The zero-order chi connectivity index (χ0) is 14.3. The van der Waals surface area contributed by atoms with Gasteiger partial charge in [-0.2, -0.15) is 0 Å². The molecule has 7 heteroatoms. The second-order valence-corrected chi connectivity index (χ2v) is 4.67. The van der Waals surface area contributed by atoms with E-state index in [1.165, 1.54) is 14.2 Å². The molecule has 0 bridgehead atoms. The van der Waals surface area contributed by atoms with Crippen molar-refractivity contribution in [2.75, 3.05) is 14.2 Å². The Bertz CT molecular complexity index is 282. The molecule has 2 N–H and O–H groups in total. The predicted octanol–water partition coefficient (Wildman–Crippen LogP) is 0.973. The van der Waals surface area contributed by atoms with Gasteiger partial charge >= 0.3 is 12.1 Å². The number of carbonyl (C=O) groups excluding carboxylic acids is 1. The minimum Gasteiger partial charge on any atom is -0.480 e. The number of methoxy groups -OCH3 is 2. The number of carboxylic acid groups (broad SMARTS) is 1. The molecule has 0 aliphatic heterocycles. The first-order chi connectivity index (χ1) is 8.19. The minimum atomic E-state index is -1.18. The van der Waals surface area contributed by atoms with Gasteiger partial charge in [0.1, 0.15) is 11.6 Å². The van der Waals surface area contributed by atoms with Crippen LogP contribution in [-0.2, 0) is 19.0 Å². The summed E-state index contributed by atoms with van der Waals surface area (Å²) < 4.78 is 14.7. The van der Waals surface area contributed by atoms with E-state index in [9.17, 15) is 9.59 Å². The second-order valence-electron chi connectivity index (χ2n) is 4.67. The van der Waals surface area contributed by atoms with Crippen molar-refractivity contribution in [2.24, 2.45) is 0 Å². The molecule has 0 rings (SSSR count). The highest BCUT2D eigenvalue weighted by molar-refractivity contribution is 5.80. The van der Waals surface area contributed by atoms with Crippen molar-refractivity contribution in [3.63, 3.8) is 0 Å². The first-order valence-corrected chi connectivity index (χ1v) is 5.47. The molecule has 0 aliphatic carbocycles. The average molecular weight is 263 g/mol. The van der Waals surface area contributed by atoms with Gasteiger partial charge in [0, 0.05) is 20.6 Å². The van der Waals surface area contributed by atoms with Crippen LogP contribution in [0, 0.1) is 0 Å². The van der Waals surface area contributed by atoms with Gasteiger partial charge in [0.15, 0.2) is 6.29 Å². The van der Waals surface area contributed by atoms with Crippen LogP contribution in [0.2, 0.25) is 0 Å². The highest BCUT2D eigenvalue weighted by atomic mass is 16.7. The molecule has 0 aromatic carbocycles. The van der Waals surface area contributed by atoms with Crippen LogP contribution in [0.25, 0.3) is 0 Å². The Kier molecular flexibility index (Phi) is 6.64. The number of alkyl carbamates (subject to hydrolysis) is 1. The second kappa shape index (κ2) is 7.17. The van der Waals surface area contributed by atoms with Crippen LogP contribution in [0.15, 0.2) is 0 Å². The van der Waals surface area contributed by atoms with Crippen LogP contribution in [0.1, 0.15) is 27.2 Å². The quantitative estimate of drug-likeness (QED) is 0.693. The van der Waals surface area contributed by atoms with Crippen molar-refractivity contribution >= 4 is 12.1 Å². The van der Waals surface area contributed by atoms with Gasteiger partial charge in [0.25, 0.3) is 0 Å². The monoisotopic (exact) mass is 263 g/mol. The largest absolute Gasteiger partial charge is 0.480 e. The summed E-state index contributed by atoms with van der Waals surface area (Å²) in [7, 11) is 2.78. The van der Waals surface area contributed by atoms with Gasteiger partial charge in [0.05, 0.1) is 0 Å². The lowest BCUT2D eigenvalue weighted by atomic mass is 10.2. The van der Waals surface area contributed by atoms with Gasteiger partial charge in [-0.15, -0.1) is 0 Å². The molecule has 7 nitrogen and oxygen atoms in total. The zero-order valence-electron chi connectivity index (χ0n) is 11.4. The van der Waals surface area contributed by atoms with E-state index < -0.39 is 30.0 Å². The Morgan fingerprint density at radius 3 is 2.06 bits per heavy atom. The molecule has 0 aliphatic rings. The van der Waals surface area contributed by atoms with Crippen molar-refractivity contribution in [2.45, 2.75) is 45.1 Å². The Hall–Kier alpha value is -1.34. The molecule has 0 saturated heterocycles. The number of hydrogen-bond acceptors (Lipinski definition) is 5. The highest BCUT2D eigenvalue weighted by Crippen LogP contribution is 2.08. The summed E-state index contributed by atoms with van der Waals surface area (Å²) in [6.07, 6.45) is -1.51. The van der Waals surface area contributed by atoms with E-state index in [2.05, 4.69) is 5.32 Å². The number of rotatable bonds is 6. The number of nitrogens with one attached hydrogen (secondary N) is 1. The third-order valence-electron chi connectivity index (χ3n) is 1.94. The molecular formula is C11H21NO6. The smallest absolute Gasteiger partial charge is 0.408 e. The summed E-state index contributed by atoms with van der Waals surface area (Å²) in [5.41, 5.74) is -0.685. The number of hydrogen-bond donors (Lipinski definition) is 2. The molecule has 0 aromatic rings. The fraction of sp³-hybridized carbons (Fsp3) is 0.818. The topological polar surface area (TPSA) is 94.1 Å². The summed E-state index contributed by atoms with van der Waals surface area (Å²) in [6, 6.07) is -1.13. The maximum atomic E-state index is 11.5. The van der Waals surface area contributed by atoms with Crippen LogP contribution < -0.4 is 5.32 Å². The van der Waals surface area contributed by atoms with E-state index >= 15 is 0 Å². The molecule has 1 amide bonds. The van der Waals surface area contributed by atoms with Crippen molar-refractivity contribution < 1.29 is 28.9 Å². The molecule has 0 aromatic heterocycles. The third kappa shape index (κ3) is 7.08. The number of ether oxygens (including phenoxy) is 3. The molecule has 0 heterocycles. The van der Waals surface area contributed by atoms with Gasteiger partial charge in [-0.25, -0.2) is 9.59 Å². The molecular weight excluding hydrogens is 242 g/mol. The Labute approximate surface area is 106 Å². The molecule has 0 fully saturated rings. The number of carbonyl (C=O) groups is 2. The van der Waals surface area contributed by atoms with E-state index in [4.69, 9.17) is 19.3 Å².